The van der Waals surface area contributed by atoms with Gasteiger partial charge in [-0.3, -0.25) is 9.79 Å². The maximum Gasteiger partial charge on any atom is 0.188 e. The highest BCUT2D eigenvalue weighted by molar-refractivity contribution is 6.46. The fraction of sp³-hybridized carbons (Fsp3) is 0.450. The number of nitrogens with two attached hydrogens (primary N) is 1. The van der Waals surface area contributed by atoms with E-state index < -0.39 is 0 Å². The molecule has 0 aromatic heterocycles. The number of aliphatic imine (C=N–C) groups is 1. The Balaban J connectivity index is 1.65. The van der Waals surface area contributed by atoms with Crippen LogP contribution in [-0.2, 0) is 16.2 Å². The Labute approximate surface area is 154 Å². The topological polar surface area (TPSA) is 89.1 Å². The summed E-state index contributed by atoms with van der Waals surface area (Å²) in [6.07, 6.45) is 3.69. The van der Waals surface area contributed by atoms with Crippen LogP contribution in [0.5, 0.6) is 0 Å². The SMILES string of the molecule is Cc1ccc(CON=C(N)C2=NCC(C)C(C(=O)[C@@H]3CCCN3)=C2)cc1. The molecule has 0 saturated carbocycles. The molecular weight excluding hydrogens is 328 g/mol. The van der Waals surface area contributed by atoms with Gasteiger partial charge in [0.05, 0.1) is 6.04 Å². The molecule has 6 nitrogen and oxygen atoms in total. The van der Waals surface area contributed by atoms with Crippen molar-refractivity contribution in [3.8, 4) is 0 Å². The number of dihydropyridines is 1. The van der Waals surface area contributed by atoms with Gasteiger partial charge in [-0.25, -0.2) is 0 Å². The summed E-state index contributed by atoms with van der Waals surface area (Å²) in [5, 5.41) is 7.23. The van der Waals surface area contributed by atoms with Crippen molar-refractivity contribution in [2.24, 2.45) is 21.8 Å². The zero-order chi connectivity index (χ0) is 18.5. The number of carbonyl (C=O) groups excluding carboxylic acids is 1. The predicted octanol–water partition coefficient (Wildman–Crippen LogP) is 2.12. The summed E-state index contributed by atoms with van der Waals surface area (Å²) in [6.45, 7) is 5.82. The summed E-state index contributed by atoms with van der Waals surface area (Å²) in [5.74, 6) is 0.444. The van der Waals surface area contributed by atoms with Crippen LogP contribution in [0.2, 0.25) is 0 Å². The minimum absolute atomic E-state index is 0.0843. The number of nitrogens with zero attached hydrogens (tertiary/aromatic N) is 2. The van der Waals surface area contributed by atoms with E-state index in [0.29, 0.717) is 18.9 Å². The van der Waals surface area contributed by atoms with Crippen LogP contribution in [0.25, 0.3) is 0 Å². The molecule has 3 rings (SSSR count). The number of carbonyl (C=O) groups is 1. The highest BCUT2D eigenvalue weighted by Crippen LogP contribution is 2.21. The van der Waals surface area contributed by atoms with Gasteiger partial charge in [-0.15, -0.1) is 0 Å². The van der Waals surface area contributed by atoms with Gasteiger partial charge < -0.3 is 15.9 Å². The minimum atomic E-state index is -0.0843. The smallest absolute Gasteiger partial charge is 0.188 e. The highest BCUT2D eigenvalue weighted by atomic mass is 16.6. The van der Waals surface area contributed by atoms with Gasteiger partial charge in [0, 0.05) is 18.0 Å². The van der Waals surface area contributed by atoms with Crippen LogP contribution in [0.4, 0.5) is 0 Å². The number of hydrogen-bond donors (Lipinski definition) is 2. The number of amidine groups is 1. The van der Waals surface area contributed by atoms with E-state index in [0.717, 1.165) is 30.5 Å². The highest BCUT2D eigenvalue weighted by Gasteiger charge is 2.29. The maximum atomic E-state index is 12.7. The molecule has 3 N–H and O–H groups in total. The van der Waals surface area contributed by atoms with E-state index in [1.165, 1.54) is 5.56 Å². The molecule has 1 unspecified atom stereocenters. The molecule has 2 aliphatic heterocycles. The van der Waals surface area contributed by atoms with Gasteiger partial charge >= 0.3 is 0 Å². The lowest BCUT2D eigenvalue weighted by Gasteiger charge is -2.21. The molecule has 0 aliphatic carbocycles. The van der Waals surface area contributed by atoms with Crippen molar-refractivity contribution in [3.63, 3.8) is 0 Å². The van der Waals surface area contributed by atoms with Gasteiger partial charge in [0.1, 0.15) is 12.3 Å². The Hall–Kier alpha value is -2.47. The summed E-state index contributed by atoms with van der Waals surface area (Å²) < 4.78 is 0. The molecule has 138 valence electrons. The van der Waals surface area contributed by atoms with Crippen molar-refractivity contribution in [1.82, 2.24) is 5.32 Å². The number of ketones is 1. The largest absolute Gasteiger partial charge is 0.389 e. The number of aryl methyl sites for hydroxylation is 1. The van der Waals surface area contributed by atoms with E-state index in [1.54, 1.807) is 6.08 Å². The van der Waals surface area contributed by atoms with Gasteiger partial charge in [-0.2, -0.15) is 0 Å². The molecule has 26 heavy (non-hydrogen) atoms. The van der Waals surface area contributed by atoms with E-state index in [9.17, 15) is 4.79 Å². The summed E-state index contributed by atoms with van der Waals surface area (Å²) >= 11 is 0. The first-order valence-corrected chi connectivity index (χ1v) is 9.09. The molecule has 6 heteroatoms. The Bertz CT molecular complexity index is 744. The zero-order valence-corrected chi connectivity index (χ0v) is 15.4. The maximum absolute atomic E-state index is 12.7. The zero-order valence-electron chi connectivity index (χ0n) is 15.4. The average molecular weight is 354 g/mol. The van der Waals surface area contributed by atoms with Crippen LogP contribution in [0.1, 0.15) is 30.9 Å². The number of oxime groups is 1. The van der Waals surface area contributed by atoms with Gasteiger partial charge in [0.25, 0.3) is 0 Å². The second-order valence-electron chi connectivity index (χ2n) is 6.98. The Kier molecular flexibility index (Phi) is 5.83. The van der Waals surface area contributed by atoms with Gasteiger partial charge in [-0.05, 0) is 37.9 Å². The van der Waals surface area contributed by atoms with Crippen LogP contribution >= 0.6 is 0 Å². The lowest BCUT2D eigenvalue weighted by Crippen LogP contribution is -2.36. The quantitative estimate of drug-likeness (QED) is 0.465. The van der Waals surface area contributed by atoms with Crippen LogP contribution in [0, 0.1) is 12.8 Å². The molecule has 1 aromatic rings. The van der Waals surface area contributed by atoms with Crippen LogP contribution in [0.3, 0.4) is 0 Å². The molecule has 0 bridgehead atoms. The third-order valence-electron chi connectivity index (χ3n) is 4.80. The first-order chi connectivity index (χ1) is 12.5. The van der Waals surface area contributed by atoms with E-state index in [2.05, 4.69) is 15.5 Å². The van der Waals surface area contributed by atoms with Crippen molar-refractivity contribution in [3.05, 3.63) is 47.0 Å². The average Bonchev–Trinajstić information content (AvgIpc) is 3.18. The molecule has 0 spiro atoms. The van der Waals surface area contributed by atoms with Gasteiger partial charge in [0.2, 0.25) is 0 Å². The summed E-state index contributed by atoms with van der Waals surface area (Å²) in [6, 6.07) is 7.95. The second kappa shape index (κ2) is 8.27. The Morgan fingerprint density at radius 1 is 1.38 bits per heavy atom. The fourth-order valence-electron chi connectivity index (χ4n) is 3.15. The summed E-state index contributed by atoms with van der Waals surface area (Å²) in [7, 11) is 0. The molecule has 1 aromatic carbocycles. The first-order valence-electron chi connectivity index (χ1n) is 9.09. The van der Waals surface area contributed by atoms with E-state index in [4.69, 9.17) is 10.6 Å². The van der Waals surface area contributed by atoms with Crippen molar-refractivity contribution in [1.29, 1.82) is 0 Å². The normalized spacial score (nSPS) is 23.4. The minimum Gasteiger partial charge on any atom is -0.389 e. The van der Waals surface area contributed by atoms with Crippen LogP contribution in [-0.4, -0.2) is 36.5 Å². The van der Waals surface area contributed by atoms with Crippen LogP contribution in [0.15, 0.2) is 46.1 Å². The van der Waals surface area contributed by atoms with Crippen molar-refractivity contribution in [2.75, 3.05) is 13.1 Å². The van der Waals surface area contributed by atoms with E-state index in [-0.39, 0.29) is 23.6 Å². The monoisotopic (exact) mass is 354 g/mol. The third kappa shape index (κ3) is 4.38. The first kappa shape index (κ1) is 18.3. The molecule has 1 fully saturated rings. The van der Waals surface area contributed by atoms with Gasteiger partial charge in [0.15, 0.2) is 11.6 Å². The molecule has 1 saturated heterocycles. The standard InChI is InChI=1S/C20H26N4O2/c1-13-5-7-15(8-6-13)12-26-24-20(21)18-10-16(14(2)11-23-18)19(25)17-4-3-9-22-17/h5-8,10,14,17,22H,3-4,9,11-12H2,1-2H3,(H2,21,24)/t14?,17-/m0/s1. The number of rotatable bonds is 6. The van der Waals surface area contributed by atoms with Crippen molar-refractivity contribution in [2.45, 2.75) is 39.3 Å². The molecule has 0 amide bonds. The molecule has 2 aliphatic rings. The third-order valence-corrected chi connectivity index (χ3v) is 4.80. The fourth-order valence-corrected chi connectivity index (χ4v) is 3.15. The number of hydrogen-bond acceptors (Lipinski definition) is 5. The Morgan fingerprint density at radius 3 is 2.85 bits per heavy atom. The molecular formula is C20H26N4O2. The van der Waals surface area contributed by atoms with Crippen molar-refractivity contribution >= 4 is 17.3 Å². The number of Topliss-reactive ketones (excluding diaryl/α,β-unsaturated/α-hetero) is 1. The second-order valence-corrected chi connectivity index (χ2v) is 6.98. The summed E-state index contributed by atoms with van der Waals surface area (Å²) in [4.78, 5) is 22.5. The lowest BCUT2D eigenvalue weighted by atomic mass is 9.89. The van der Waals surface area contributed by atoms with E-state index in [1.807, 2.05) is 38.1 Å². The molecule has 2 atom stereocenters. The van der Waals surface area contributed by atoms with Crippen LogP contribution < -0.4 is 11.1 Å². The Morgan fingerprint density at radius 2 is 2.15 bits per heavy atom. The van der Waals surface area contributed by atoms with Crippen molar-refractivity contribution < 1.29 is 9.63 Å². The molecule has 2 heterocycles. The number of benzene rings is 1. The van der Waals surface area contributed by atoms with Gasteiger partial charge in [-0.1, -0.05) is 41.9 Å². The summed E-state index contributed by atoms with van der Waals surface area (Å²) in [5.41, 5.74) is 9.53. The predicted molar refractivity (Wildman–Crippen MR) is 103 cm³/mol. The molecule has 0 radical (unpaired) electrons. The number of nitrogens with one attached hydrogen (secondary N) is 1. The van der Waals surface area contributed by atoms with E-state index >= 15 is 0 Å². The lowest BCUT2D eigenvalue weighted by molar-refractivity contribution is -0.117.